The van der Waals surface area contributed by atoms with Crippen LogP contribution in [0.1, 0.15) is 11.1 Å². The van der Waals surface area contributed by atoms with Crippen molar-refractivity contribution in [1.82, 2.24) is 15.1 Å². The highest BCUT2D eigenvalue weighted by Crippen LogP contribution is 2.20. The molecular formula is C14H18BrN3O. The lowest BCUT2D eigenvalue weighted by Crippen LogP contribution is -2.51. The summed E-state index contributed by atoms with van der Waals surface area (Å²) in [4.78, 5) is 16.0. The number of rotatable bonds is 2. The van der Waals surface area contributed by atoms with Crippen molar-refractivity contribution in [2.75, 3.05) is 26.2 Å². The molecular weight excluding hydrogens is 306 g/mol. The van der Waals surface area contributed by atoms with E-state index < -0.39 is 0 Å². The molecule has 2 aliphatic heterocycles. The molecule has 0 saturated carbocycles. The fourth-order valence-electron chi connectivity index (χ4n) is 2.89. The van der Waals surface area contributed by atoms with Crippen molar-refractivity contribution >= 4 is 22.0 Å². The van der Waals surface area contributed by atoms with Gasteiger partial charge in [0.15, 0.2) is 0 Å². The van der Waals surface area contributed by atoms with E-state index in [1.54, 1.807) is 0 Å². The number of carbonyl (C=O) groups excluding carboxylic acids is 1. The zero-order chi connectivity index (χ0) is 13.4. The highest BCUT2D eigenvalue weighted by Gasteiger charge is 2.35. The van der Waals surface area contributed by atoms with E-state index in [4.69, 9.17) is 0 Å². The Balaban J connectivity index is 1.66. The number of nitrogens with one attached hydrogen (secondary N) is 1. The van der Waals surface area contributed by atoms with Gasteiger partial charge in [-0.3, -0.25) is 4.90 Å². The van der Waals surface area contributed by atoms with Gasteiger partial charge >= 0.3 is 6.03 Å². The molecule has 102 valence electrons. The number of carbonyl (C=O) groups is 1. The van der Waals surface area contributed by atoms with Crippen LogP contribution >= 0.6 is 15.9 Å². The Morgan fingerprint density at radius 3 is 3.05 bits per heavy atom. The second-order valence-electron chi connectivity index (χ2n) is 5.34. The van der Waals surface area contributed by atoms with Crippen molar-refractivity contribution in [2.45, 2.75) is 19.5 Å². The summed E-state index contributed by atoms with van der Waals surface area (Å²) in [7, 11) is 0. The van der Waals surface area contributed by atoms with E-state index in [-0.39, 0.29) is 6.03 Å². The van der Waals surface area contributed by atoms with E-state index in [0.717, 1.165) is 37.2 Å². The van der Waals surface area contributed by atoms with Crippen molar-refractivity contribution in [1.29, 1.82) is 0 Å². The average Bonchev–Trinajstić information content (AvgIpc) is 2.74. The molecule has 1 N–H and O–H groups in total. The molecule has 0 bridgehead atoms. The molecule has 0 aliphatic carbocycles. The third kappa shape index (κ3) is 2.62. The highest BCUT2D eigenvalue weighted by molar-refractivity contribution is 9.10. The van der Waals surface area contributed by atoms with E-state index in [9.17, 15) is 4.79 Å². The summed E-state index contributed by atoms with van der Waals surface area (Å²) in [6.07, 6.45) is 0. The van der Waals surface area contributed by atoms with Crippen LogP contribution in [0, 0.1) is 6.92 Å². The third-order valence-electron chi connectivity index (χ3n) is 4.02. The minimum absolute atomic E-state index is 0.101. The quantitative estimate of drug-likeness (QED) is 0.903. The second kappa shape index (κ2) is 5.13. The van der Waals surface area contributed by atoms with Gasteiger partial charge < -0.3 is 10.2 Å². The SMILES string of the molecule is Cc1cc(Br)ccc1CN1CCN2C(=O)NC[C@@H]2C1. The fourth-order valence-corrected chi connectivity index (χ4v) is 3.37. The summed E-state index contributed by atoms with van der Waals surface area (Å²) < 4.78 is 1.13. The van der Waals surface area contributed by atoms with Crippen molar-refractivity contribution in [3.8, 4) is 0 Å². The number of nitrogens with zero attached hydrogens (tertiary/aromatic N) is 2. The molecule has 2 saturated heterocycles. The van der Waals surface area contributed by atoms with Crippen LogP contribution in [0.5, 0.6) is 0 Å². The molecule has 2 fully saturated rings. The number of piperazine rings is 1. The van der Waals surface area contributed by atoms with Gasteiger partial charge in [0.25, 0.3) is 0 Å². The zero-order valence-corrected chi connectivity index (χ0v) is 12.6. The van der Waals surface area contributed by atoms with Gasteiger partial charge in [0.05, 0.1) is 6.04 Å². The van der Waals surface area contributed by atoms with Crippen LogP contribution in [0.25, 0.3) is 0 Å². The molecule has 1 aromatic rings. The van der Waals surface area contributed by atoms with Gasteiger partial charge in [0, 0.05) is 37.2 Å². The predicted octanol–water partition coefficient (Wildman–Crippen LogP) is 1.97. The Morgan fingerprint density at radius 1 is 1.42 bits per heavy atom. The molecule has 2 amide bonds. The van der Waals surface area contributed by atoms with Crippen molar-refractivity contribution in [3.63, 3.8) is 0 Å². The normalized spacial score (nSPS) is 23.4. The molecule has 3 rings (SSSR count). The molecule has 2 heterocycles. The molecule has 0 radical (unpaired) electrons. The monoisotopic (exact) mass is 323 g/mol. The maximum atomic E-state index is 11.6. The number of fused-ring (bicyclic) bond motifs is 1. The molecule has 4 nitrogen and oxygen atoms in total. The van der Waals surface area contributed by atoms with Gasteiger partial charge in [0.1, 0.15) is 0 Å². The van der Waals surface area contributed by atoms with E-state index >= 15 is 0 Å². The van der Waals surface area contributed by atoms with Gasteiger partial charge in [-0.15, -0.1) is 0 Å². The summed E-state index contributed by atoms with van der Waals surface area (Å²) in [6.45, 7) is 6.67. The van der Waals surface area contributed by atoms with E-state index in [1.807, 2.05) is 4.90 Å². The van der Waals surface area contributed by atoms with E-state index in [0.29, 0.717) is 6.04 Å². The lowest BCUT2D eigenvalue weighted by atomic mass is 10.1. The Morgan fingerprint density at radius 2 is 2.26 bits per heavy atom. The van der Waals surface area contributed by atoms with Crippen LogP contribution in [-0.2, 0) is 6.54 Å². The highest BCUT2D eigenvalue weighted by atomic mass is 79.9. The number of aryl methyl sites for hydroxylation is 1. The number of hydrogen-bond donors (Lipinski definition) is 1. The van der Waals surface area contributed by atoms with Crippen LogP contribution in [-0.4, -0.2) is 48.1 Å². The van der Waals surface area contributed by atoms with Gasteiger partial charge in [-0.1, -0.05) is 22.0 Å². The van der Waals surface area contributed by atoms with Gasteiger partial charge in [-0.25, -0.2) is 4.79 Å². The predicted molar refractivity (Wildman–Crippen MR) is 78.0 cm³/mol. The zero-order valence-electron chi connectivity index (χ0n) is 11.0. The summed E-state index contributed by atoms with van der Waals surface area (Å²) in [5.74, 6) is 0. The minimum Gasteiger partial charge on any atom is -0.336 e. The van der Waals surface area contributed by atoms with Crippen LogP contribution in [0.4, 0.5) is 4.79 Å². The first-order valence-corrected chi connectivity index (χ1v) is 7.44. The molecule has 0 spiro atoms. The first-order chi connectivity index (χ1) is 9.13. The number of halogens is 1. The Kier molecular flexibility index (Phi) is 3.50. The summed E-state index contributed by atoms with van der Waals surface area (Å²) in [5.41, 5.74) is 2.69. The molecule has 0 aromatic heterocycles. The van der Waals surface area contributed by atoms with Gasteiger partial charge in [-0.2, -0.15) is 0 Å². The van der Waals surface area contributed by atoms with Crippen LogP contribution in [0.2, 0.25) is 0 Å². The lowest BCUT2D eigenvalue weighted by molar-refractivity contribution is 0.116. The topological polar surface area (TPSA) is 35.6 Å². The molecule has 1 atom stereocenters. The molecule has 0 unspecified atom stereocenters. The van der Waals surface area contributed by atoms with Crippen LogP contribution in [0.15, 0.2) is 22.7 Å². The summed E-state index contributed by atoms with van der Waals surface area (Å²) in [5, 5.41) is 2.92. The smallest absolute Gasteiger partial charge is 0.317 e. The number of hydrogen-bond acceptors (Lipinski definition) is 2. The van der Waals surface area contributed by atoms with Crippen molar-refractivity contribution in [3.05, 3.63) is 33.8 Å². The first-order valence-electron chi connectivity index (χ1n) is 6.65. The number of urea groups is 1. The average molecular weight is 324 g/mol. The van der Waals surface area contributed by atoms with Gasteiger partial charge in [0.2, 0.25) is 0 Å². The second-order valence-corrected chi connectivity index (χ2v) is 6.25. The van der Waals surface area contributed by atoms with Crippen molar-refractivity contribution in [2.24, 2.45) is 0 Å². The Hall–Kier alpha value is -1.07. The van der Waals surface area contributed by atoms with Gasteiger partial charge in [-0.05, 0) is 30.2 Å². The lowest BCUT2D eigenvalue weighted by Gasteiger charge is -2.36. The van der Waals surface area contributed by atoms with Crippen LogP contribution in [0.3, 0.4) is 0 Å². The molecule has 1 aromatic carbocycles. The first kappa shape index (κ1) is 12.9. The minimum atomic E-state index is 0.101. The molecule has 2 aliphatic rings. The number of amides is 2. The number of benzene rings is 1. The standard InChI is InChI=1S/C14H18BrN3O/c1-10-6-12(15)3-2-11(10)8-17-4-5-18-13(9-17)7-16-14(18)19/h2-3,6,13H,4-5,7-9H2,1H3,(H,16,19)/t13-/m1/s1. The van der Waals surface area contributed by atoms with E-state index in [2.05, 4.69) is 51.3 Å². The Labute approximate surface area is 121 Å². The maximum absolute atomic E-state index is 11.6. The summed E-state index contributed by atoms with van der Waals surface area (Å²) in [6, 6.07) is 6.89. The summed E-state index contributed by atoms with van der Waals surface area (Å²) >= 11 is 3.50. The Bertz CT molecular complexity index is 505. The van der Waals surface area contributed by atoms with E-state index in [1.165, 1.54) is 11.1 Å². The molecule has 19 heavy (non-hydrogen) atoms. The third-order valence-corrected chi connectivity index (χ3v) is 4.51. The van der Waals surface area contributed by atoms with Crippen molar-refractivity contribution < 1.29 is 4.79 Å². The largest absolute Gasteiger partial charge is 0.336 e. The van der Waals surface area contributed by atoms with Crippen LogP contribution < -0.4 is 5.32 Å². The fraction of sp³-hybridized carbons (Fsp3) is 0.500. The molecule has 5 heteroatoms. The maximum Gasteiger partial charge on any atom is 0.317 e.